The van der Waals surface area contributed by atoms with E-state index in [1.54, 1.807) is 13.8 Å². The molecule has 0 saturated heterocycles. The van der Waals surface area contributed by atoms with Crippen LogP contribution in [0.1, 0.15) is 44.1 Å². The molecule has 2 aromatic rings. The lowest BCUT2D eigenvalue weighted by atomic mass is 10.1. The Morgan fingerprint density at radius 2 is 1.87 bits per heavy atom. The number of ether oxygens (including phenoxy) is 1. The number of H-pyrrole nitrogens is 1. The van der Waals surface area contributed by atoms with Crippen LogP contribution in [0.4, 0.5) is 0 Å². The van der Waals surface area contributed by atoms with Crippen molar-refractivity contribution >= 4 is 11.9 Å². The summed E-state index contributed by atoms with van der Waals surface area (Å²) in [6, 6.07) is 10.1. The van der Waals surface area contributed by atoms with Gasteiger partial charge in [0.15, 0.2) is 0 Å². The van der Waals surface area contributed by atoms with Crippen molar-refractivity contribution in [2.45, 2.75) is 26.7 Å². The topological polar surface area (TPSA) is 71.2 Å². The molecule has 2 N–H and O–H groups in total. The van der Waals surface area contributed by atoms with Crippen LogP contribution in [0.5, 0.6) is 0 Å². The lowest BCUT2D eigenvalue weighted by Crippen LogP contribution is -2.25. The first-order valence-electron chi connectivity index (χ1n) is 7.64. The minimum Gasteiger partial charge on any atom is -0.465 e. The maximum atomic E-state index is 12.3. The van der Waals surface area contributed by atoms with Gasteiger partial charge in [-0.2, -0.15) is 0 Å². The second kappa shape index (κ2) is 7.63. The van der Waals surface area contributed by atoms with Gasteiger partial charge in [0.2, 0.25) is 0 Å². The monoisotopic (exact) mass is 314 g/mol. The minimum absolute atomic E-state index is 0.200. The van der Waals surface area contributed by atoms with Gasteiger partial charge in [-0.25, -0.2) is 4.79 Å². The first kappa shape index (κ1) is 16.8. The summed E-state index contributed by atoms with van der Waals surface area (Å²) in [4.78, 5) is 27.0. The number of methoxy groups -OCH3 is 1. The molecule has 0 unspecified atom stereocenters. The molecule has 0 aliphatic rings. The highest BCUT2D eigenvalue weighted by Gasteiger charge is 2.22. The zero-order chi connectivity index (χ0) is 16.8. The van der Waals surface area contributed by atoms with Crippen molar-refractivity contribution in [1.82, 2.24) is 10.3 Å². The summed E-state index contributed by atoms with van der Waals surface area (Å²) in [5.74, 6) is -0.631. The quantitative estimate of drug-likeness (QED) is 0.636. The normalized spacial score (nSPS) is 10.4. The van der Waals surface area contributed by atoms with Gasteiger partial charge in [-0.1, -0.05) is 30.3 Å². The lowest BCUT2D eigenvalue weighted by Gasteiger charge is -2.05. The molecule has 5 heteroatoms. The predicted molar refractivity (Wildman–Crippen MR) is 88.7 cm³/mol. The number of esters is 1. The number of carbonyl (C=O) groups excluding carboxylic acids is 2. The number of aromatic nitrogens is 1. The number of rotatable bonds is 6. The molecule has 5 nitrogen and oxygen atoms in total. The Balaban J connectivity index is 1.92. The van der Waals surface area contributed by atoms with E-state index in [2.05, 4.69) is 22.4 Å². The lowest BCUT2D eigenvalue weighted by molar-refractivity contribution is 0.0599. The third kappa shape index (κ3) is 4.00. The van der Waals surface area contributed by atoms with Gasteiger partial charge < -0.3 is 15.0 Å². The number of aryl methyl sites for hydroxylation is 2. The van der Waals surface area contributed by atoms with Gasteiger partial charge >= 0.3 is 5.97 Å². The van der Waals surface area contributed by atoms with Crippen molar-refractivity contribution in [3.8, 4) is 0 Å². The molecular weight excluding hydrogens is 292 g/mol. The molecule has 0 aliphatic carbocycles. The van der Waals surface area contributed by atoms with E-state index in [1.807, 2.05) is 18.2 Å². The summed E-state index contributed by atoms with van der Waals surface area (Å²) in [7, 11) is 1.33. The molecule has 0 bridgehead atoms. The SMILES string of the molecule is COC(=O)c1c(C)[nH]c(C(=O)NCCCc2ccccc2)c1C. The van der Waals surface area contributed by atoms with Crippen LogP contribution in [0.3, 0.4) is 0 Å². The Bertz CT molecular complexity index is 690. The standard InChI is InChI=1S/C18H22N2O3/c1-12-15(18(22)23-3)13(2)20-16(12)17(21)19-11-7-10-14-8-5-4-6-9-14/h4-6,8-9,20H,7,10-11H2,1-3H3,(H,19,21). The van der Waals surface area contributed by atoms with Crippen LogP contribution in [0, 0.1) is 13.8 Å². The summed E-state index contributed by atoms with van der Waals surface area (Å²) in [6.45, 7) is 4.08. The van der Waals surface area contributed by atoms with Crippen LogP contribution >= 0.6 is 0 Å². The van der Waals surface area contributed by atoms with Crippen LogP contribution in [0.2, 0.25) is 0 Å². The largest absolute Gasteiger partial charge is 0.465 e. The highest BCUT2D eigenvalue weighted by molar-refractivity contribution is 6.00. The number of hydrogen-bond acceptors (Lipinski definition) is 3. The highest BCUT2D eigenvalue weighted by atomic mass is 16.5. The van der Waals surface area contributed by atoms with Crippen molar-refractivity contribution < 1.29 is 14.3 Å². The summed E-state index contributed by atoms with van der Waals surface area (Å²) in [5, 5.41) is 2.89. The molecule has 0 spiro atoms. The highest BCUT2D eigenvalue weighted by Crippen LogP contribution is 2.18. The van der Waals surface area contributed by atoms with E-state index in [9.17, 15) is 9.59 Å². The van der Waals surface area contributed by atoms with E-state index in [-0.39, 0.29) is 5.91 Å². The molecule has 1 aromatic heterocycles. The van der Waals surface area contributed by atoms with Crippen molar-refractivity contribution in [3.05, 3.63) is 58.4 Å². The van der Waals surface area contributed by atoms with E-state index in [0.29, 0.717) is 29.1 Å². The Labute approximate surface area is 136 Å². The van der Waals surface area contributed by atoms with E-state index in [4.69, 9.17) is 4.74 Å². The first-order valence-corrected chi connectivity index (χ1v) is 7.64. The molecule has 0 radical (unpaired) electrons. The first-order chi connectivity index (χ1) is 11.0. The summed E-state index contributed by atoms with van der Waals surface area (Å²) < 4.78 is 4.75. The fourth-order valence-corrected chi connectivity index (χ4v) is 2.61. The molecule has 0 atom stereocenters. The number of amides is 1. The molecule has 122 valence electrons. The number of benzene rings is 1. The van der Waals surface area contributed by atoms with Crippen LogP contribution in [0.25, 0.3) is 0 Å². The number of aromatic amines is 1. The van der Waals surface area contributed by atoms with Crippen LogP contribution in [-0.4, -0.2) is 30.5 Å². The summed E-state index contributed by atoms with van der Waals surface area (Å²) in [5.41, 5.74) is 3.37. The van der Waals surface area contributed by atoms with Gasteiger partial charge in [-0.05, 0) is 37.8 Å². The van der Waals surface area contributed by atoms with Crippen molar-refractivity contribution in [3.63, 3.8) is 0 Å². The van der Waals surface area contributed by atoms with Gasteiger partial charge in [-0.15, -0.1) is 0 Å². The van der Waals surface area contributed by atoms with Crippen molar-refractivity contribution in [2.75, 3.05) is 13.7 Å². The summed E-state index contributed by atoms with van der Waals surface area (Å²) >= 11 is 0. The maximum absolute atomic E-state index is 12.3. The zero-order valence-corrected chi connectivity index (χ0v) is 13.7. The van der Waals surface area contributed by atoms with Gasteiger partial charge in [0, 0.05) is 12.2 Å². The van der Waals surface area contributed by atoms with E-state index in [0.717, 1.165) is 12.8 Å². The van der Waals surface area contributed by atoms with Crippen molar-refractivity contribution in [2.24, 2.45) is 0 Å². The second-order valence-corrected chi connectivity index (χ2v) is 5.46. The Hall–Kier alpha value is -2.56. The molecule has 1 amide bonds. The fourth-order valence-electron chi connectivity index (χ4n) is 2.61. The van der Waals surface area contributed by atoms with Gasteiger partial charge in [-0.3, -0.25) is 4.79 Å². The Morgan fingerprint density at radius 3 is 2.52 bits per heavy atom. The van der Waals surface area contributed by atoms with Gasteiger partial charge in [0.25, 0.3) is 5.91 Å². The number of carbonyl (C=O) groups is 2. The Morgan fingerprint density at radius 1 is 1.17 bits per heavy atom. The van der Waals surface area contributed by atoms with Gasteiger partial charge in [0.1, 0.15) is 5.69 Å². The minimum atomic E-state index is -0.431. The molecule has 0 fully saturated rings. The third-order valence-corrected chi connectivity index (χ3v) is 3.82. The molecule has 23 heavy (non-hydrogen) atoms. The van der Waals surface area contributed by atoms with Crippen LogP contribution < -0.4 is 5.32 Å². The van der Waals surface area contributed by atoms with E-state index >= 15 is 0 Å². The predicted octanol–water partition coefficient (Wildman–Crippen LogP) is 2.78. The van der Waals surface area contributed by atoms with Crippen molar-refractivity contribution in [1.29, 1.82) is 0 Å². The average molecular weight is 314 g/mol. The maximum Gasteiger partial charge on any atom is 0.339 e. The number of nitrogens with one attached hydrogen (secondary N) is 2. The molecule has 0 saturated carbocycles. The van der Waals surface area contributed by atoms with E-state index in [1.165, 1.54) is 12.7 Å². The zero-order valence-electron chi connectivity index (χ0n) is 13.7. The molecule has 0 aliphatic heterocycles. The molecule has 1 heterocycles. The second-order valence-electron chi connectivity index (χ2n) is 5.46. The average Bonchev–Trinajstić information content (AvgIpc) is 2.86. The van der Waals surface area contributed by atoms with Gasteiger partial charge in [0.05, 0.1) is 12.7 Å². The fraction of sp³-hybridized carbons (Fsp3) is 0.333. The molecule has 1 aromatic carbocycles. The molecular formula is C18H22N2O3. The summed E-state index contributed by atoms with van der Waals surface area (Å²) in [6.07, 6.45) is 1.77. The van der Waals surface area contributed by atoms with Crippen LogP contribution in [-0.2, 0) is 11.2 Å². The third-order valence-electron chi connectivity index (χ3n) is 3.82. The smallest absolute Gasteiger partial charge is 0.339 e. The van der Waals surface area contributed by atoms with E-state index < -0.39 is 5.97 Å². The Kier molecular flexibility index (Phi) is 5.57. The van der Waals surface area contributed by atoms with Crippen LogP contribution in [0.15, 0.2) is 30.3 Å². The number of hydrogen-bond donors (Lipinski definition) is 2. The molecule has 2 rings (SSSR count).